The molecule has 0 bridgehead atoms. The van der Waals surface area contributed by atoms with Gasteiger partial charge in [-0.05, 0) is 44.0 Å². The molecule has 0 radical (unpaired) electrons. The van der Waals surface area contributed by atoms with E-state index in [-0.39, 0.29) is 16.6 Å². The van der Waals surface area contributed by atoms with Crippen molar-refractivity contribution >= 4 is 43.6 Å². The fraction of sp³-hybridized carbons (Fsp3) is 0.174. The third kappa shape index (κ3) is 3.43. The van der Waals surface area contributed by atoms with Gasteiger partial charge in [0.1, 0.15) is 0 Å². The molecular formula is C23H16F2N6OS. The Morgan fingerprint density at radius 1 is 1.15 bits per heavy atom. The minimum absolute atomic E-state index is 0.257. The highest BCUT2D eigenvalue weighted by atomic mass is 32.1. The van der Waals surface area contributed by atoms with Gasteiger partial charge in [0.15, 0.2) is 28.2 Å². The molecule has 0 saturated heterocycles. The first-order valence-corrected chi connectivity index (χ1v) is 11.2. The number of anilines is 1. The van der Waals surface area contributed by atoms with E-state index in [1.54, 1.807) is 16.9 Å². The van der Waals surface area contributed by atoms with Crippen LogP contribution in [-0.4, -0.2) is 30.6 Å². The first-order chi connectivity index (χ1) is 16.0. The summed E-state index contributed by atoms with van der Waals surface area (Å²) in [4.78, 5) is 26.8. The number of nitrogens with zero attached hydrogens (tertiary/aromatic N) is 5. The fourth-order valence-electron chi connectivity index (χ4n) is 3.86. The molecule has 0 atom stereocenters. The number of aryl methyl sites for hydroxylation is 1. The van der Waals surface area contributed by atoms with Crippen LogP contribution in [0.5, 0.6) is 0 Å². The Bertz CT molecular complexity index is 1520. The quantitative estimate of drug-likeness (QED) is 0.400. The van der Waals surface area contributed by atoms with E-state index in [2.05, 4.69) is 20.4 Å². The zero-order chi connectivity index (χ0) is 22.7. The topological polar surface area (TPSA) is 85.6 Å². The average molecular weight is 462 g/mol. The van der Waals surface area contributed by atoms with Crippen molar-refractivity contribution in [1.29, 1.82) is 0 Å². The molecule has 1 N–H and O–H groups in total. The van der Waals surface area contributed by atoms with E-state index in [9.17, 15) is 13.6 Å². The summed E-state index contributed by atoms with van der Waals surface area (Å²) in [5, 5.41) is 8.27. The minimum atomic E-state index is -0.979. The van der Waals surface area contributed by atoms with Crippen LogP contribution in [0.15, 0.2) is 42.6 Å². The summed E-state index contributed by atoms with van der Waals surface area (Å²) in [6.07, 6.45) is 3.71. The Hall–Kier alpha value is -3.79. The van der Waals surface area contributed by atoms with Gasteiger partial charge in [-0.15, -0.1) is 0 Å². The third-order valence-electron chi connectivity index (χ3n) is 5.59. The van der Waals surface area contributed by atoms with Gasteiger partial charge in [-0.25, -0.2) is 23.7 Å². The number of carbonyl (C=O) groups excluding carboxylic acids is 1. The van der Waals surface area contributed by atoms with Gasteiger partial charge in [-0.1, -0.05) is 17.4 Å². The van der Waals surface area contributed by atoms with Crippen LogP contribution in [0.3, 0.4) is 0 Å². The van der Waals surface area contributed by atoms with E-state index in [1.165, 1.54) is 0 Å². The zero-order valence-corrected chi connectivity index (χ0v) is 18.2. The number of fused-ring (bicyclic) bond motifs is 2. The Kier molecular flexibility index (Phi) is 4.44. The molecule has 1 fully saturated rings. The molecule has 1 aliphatic carbocycles. The molecule has 0 unspecified atom stereocenters. The van der Waals surface area contributed by atoms with E-state index in [0.29, 0.717) is 38.7 Å². The van der Waals surface area contributed by atoms with Crippen LogP contribution >= 0.6 is 11.3 Å². The predicted octanol–water partition coefficient (Wildman–Crippen LogP) is 5.14. The van der Waals surface area contributed by atoms with Crippen molar-refractivity contribution in [3.63, 3.8) is 0 Å². The van der Waals surface area contributed by atoms with Crippen LogP contribution in [0.4, 0.5) is 13.9 Å². The number of hydrogen-bond acceptors (Lipinski definition) is 6. The maximum atomic E-state index is 13.6. The van der Waals surface area contributed by atoms with Crippen molar-refractivity contribution in [3.8, 4) is 5.82 Å². The first-order valence-electron chi connectivity index (χ1n) is 10.4. The summed E-state index contributed by atoms with van der Waals surface area (Å²) in [7, 11) is 0. The lowest BCUT2D eigenvalue weighted by Crippen LogP contribution is -2.13. The van der Waals surface area contributed by atoms with Gasteiger partial charge in [0, 0.05) is 23.9 Å². The summed E-state index contributed by atoms with van der Waals surface area (Å²) < 4.78 is 29.2. The number of rotatable bonds is 4. The van der Waals surface area contributed by atoms with Gasteiger partial charge >= 0.3 is 0 Å². The van der Waals surface area contributed by atoms with Crippen LogP contribution in [0.25, 0.3) is 27.1 Å². The molecule has 4 heterocycles. The molecule has 164 valence electrons. The lowest BCUT2D eigenvalue weighted by molar-refractivity contribution is 0.102. The second-order valence-electron chi connectivity index (χ2n) is 7.96. The van der Waals surface area contributed by atoms with E-state index in [0.717, 1.165) is 42.0 Å². The van der Waals surface area contributed by atoms with Crippen molar-refractivity contribution in [1.82, 2.24) is 24.7 Å². The Morgan fingerprint density at radius 2 is 1.97 bits per heavy atom. The number of aromatic nitrogens is 5. The standard InChI is InChI=1S/C23H16F2N6OS/c1-11-20-13(22(32)29-23-28-17-9-14(24)15(25)10-18(17)33-23)8-16(12-5-6-12)27-21(20)31(30-11)19-4-2-3-7-26-19/h2-4,7-10,12H,5-6H2,1H3,(H,28,29,32). The Balaban J connectivity index is 1.46. The highest BCUT2D eigenvalue weighted by molar-refractivity contribution is 7.22. The number of nitrogens with one attached hydrogen (secondary N) is 1. The smallest absolute Gasteiger partial charge is 0.258 e. The normalized spacial score (nSPS) is 13.7. The summed E-state index contributed by atoms with van der Waals surface area (Å²) in [5.74, 6) is -1.40. The van der Waals surface area contributed by atoms with E-state index >= 15 is 0 Å². The number of hydrogen-bond donors (Lipinski definition) is 1. The van der Waals surface area contributed by atoms with E-state index in [1.807, 2.05) is 25.1 Å². The third-order valence-corrected chi connectivity index (χ3v) is 6.52. The molecule has 10 heteroatoms. The maximum absolute atomic E-state index is 13.6. The van der Waals surface area contributed by atoms with Crippen molar-refractivity contribution in [2.45, 2.75) is 25.7 Å². The molecule has 33 heavy (non-hydrogen) atoms. The number of halogens is 2. The second-order valence-corrected chi connectivity index (χ2v) is 8.99. The van der Waals surface area contributed by atoms with E-state index in [4.69, 9.17) is 4.98 Å². The zero-order valence-electron chi connectivity index (χ0n) is 17.3. The molecule has 0 spiro atoms. The maximum Gasteiger partial charge on any atom is 0.258 e. The molecule has 1 saturated carbocycles. The lowest BCUT2D eigenvalue weighted by Gasteiger charge is -2.08. The Morgan fingerprint density at radius 3 is 2.73 bits per heavy atom. The summed E-state index contributed by atoms with van der Waals surface area (Å²) >= 11 is 1.08. The number of thiazole rings is 1. The second kappa shape index (κ2) is 7.38. The van der Waals surface area contributed by atoms with Gasteiger partial charge < -0.3 is 0 Å². The molecule has 1 aromatic carbocycles. The minimum Gasteiger partial charge on any atom is -0.298 e. The fourth-order valence-corrected chi connectivity index (χ4v) is 4.72. The van der Waals surface area contributed by atoms with Gasteiger partial charge in [-0.2, -0.15) is 9.78 Å². The molecule has 0 aliphatic heterocycles. The van der Waals surface area contributed by atoms with Gasteiger partial charge in [-0.3, -0.25) is 10.1 Å². The van der Waals surface area contributed by atoms with Crippen molar-refractivity contribution < 1.29 is 13.6 Å². The first kappa shape index (κ1) is 19.9. The van der Waals surface area contributed by atoms with Crippen LogP contribution < -0.4 is 5.32 Å². The molecule has 4 aromatic heterocycles. The molecule has 1 amide bonds. The lowest BCUT2D eigenvalue weighted by atomic mass is 10.1. The molecule has 7 nitrogen and oxygen atoms in total. The molecule has 6 rings (SSSR count). The number of benzene rings is 1. The van der Waals surface area contributed by atoms with Gasteiger partial charge in [0.25, 0.3) is 5.91 Å². The predicted molar refractivity (Wildman–Crippen MR) is 121 cm³/mol. The van der Waals surface area contributed by atoms with Crippen LogP contribution in [0.2, 0.25) is 0 Å². The largest absolute Gasteiger partial charge is 0.298 e. The van der Waals surface area contributed by atoms with Gasteiger partial charge in [0.05, 0.1) is 26.9 Å². The highest BCUT2D eigenvalue weighted by Gasteiger charge is 2.29. The number of amides is 1. The van der Waals surface area contributed by atoms with E-state index < -0.39 is 11.6 Å². The summed E-state index contributed by atoms with van der Waals surface area (Å²) in [6.45, 7) is 1.82. The molecular weight excluding hydrogens is 446 g/mol. The summed E-state index contributed by atoms with van der Waals surface area (Å²) in [6, 6.07) is 9.42. The molecule has 1 aliphatic rings. The van der Waals surface area contributed by atoms with Crippen LogP contribution in [0.1, 0.15) is 40.5 Å². The number of pyridine rings is 2. The van der Waals surface area contributed by atoms with Crippen LogP contribution in [0, 0.1) is 18.6 Å². The van der Waals surface area contributed by atoms with Gasteiger partial charge in [0.2, 0.25) is 0 Å². The average Bonchev–Trinajstić information content (AvgIpc) is 3.52. The highest BCUT2D eigenvalue weighted by Crippen LogP contribution is 2.41. The number of carbonyl (C=O) groups is 1. The monoisotopic (exact) mass is 462 g/mol. The molecule has 5 aromatic rings. The van der Waals surface area contributed by atoms with Crippen LogP contribution in [-0.2, 0) is 0 Å². The van der Waals surface area contributed by atoms with Crippen molar-refractivity contribution in [3.05, 3.63) is 71.2 Å². The SMILES string of the molecule is Cc1nn(-c2ccccn2)c2nc(C3CC3)cc(C(=O)Nc3nc4cc(F)c(F)cc4s3)c12. The summed E-state index contributed by atoms with van der Waals surface area (Å²) in [5.41, 5.74) is 2.75. The van der Waals surface area contributed by atoms with Crippen molar-refractivity contribution in [2.75, 3.05) is 5.32 Å². The van der Waals surface area contributed by atoms with Crippen molar-refractivity contribution in [2.24, 2.45) is 0 Å². The Labute approximate surface area is 190 Å².